The molecule has 0 saturated carbocycles. The molecule has 0 spiro atoms. The summed E-state index contributed by atoms with van der Waals surface area (Å²) in [4.78, 5) is 0. The minimum atomic E-state index is 0.866. The summed E-state index contributed by atoms with van der Waals surface area (Å²) < 4.78 is 0. The highest BCUT2D eigenvalue weighted by Crippen LogP contribution is 2.12. The van der Waals surface area contributed by atoms with Crippen molar-refractivity contribution in [3.63, 3.8) is 0 Å². The first-order valence-electron chi connectivity index (χ1n) is 7.82. The molecular weight excluding hydrogens is 206 g/mol. The molecule has 0 amide bonds. The predicted octanol–water partition coefficient (Wildman–Crippen LogP) is 5.11. The van der Waals surface area contributed by atoms with Gasteiger partial charge in [-0.05, 0) is 43.7 Å². The monoisotopic (exact) mass is 243 g/mol. The summed E-state index contributed by atoms with van der Waals surface area (Å²) in [5, 5.41) is 3.39. The Kier molecular flexibility index (Phi) is 15.9. The van der Waals surface area contributed by atoms with Crippen LogP contribution in [0.1, 0.15) is 74.1 Å². The molecule has 2 atom stereocenters. The maximum absolute atomic E-state index is 3.39. The molecule has 1 heteroatoms. The number of hydrogen-bond acceptors (Lipinski definition) is 1. The minimum absolute atomic E-state index is 0.866. The van der Waals surface area contributed by atoms with Crippen LogP contribution in [-0.2, 0) is 0 Å². The van der Waals surface area contributed by atoms with Gasteiger partial charge in [-0.3, -0.25) is 0 Å². The molecule has 1 saturated heterocycles. The molecule has 0 aromatic heterocycles. The van der Waals surface area contributed by atoms with Gasteiger partial charge in [0, 0.05) is 0 Å². The highest BCUT2D eigenvalue weighted by atomic mass is 14.9. The summed E-state index contributed by atoms with van der Waals surface area (Å²) in [6, 6.07) is 0. The Morgan fingerprint density at radius 1 is 1.12 bits per heavy atom. The van der Waals surface area contributed by atoms with E-state index in [1.165, 1.54) is 38.8 Å². The molecule has 1 nitrogen and oxygen atoms in total. The fourth-order valence-corrected chi connectivity index (χ4v) is 1.74. The number of nitrogens with one attached hydrogen (secondary N) is 1. The van der Waals surface area contributed by atoms with E-state index in [-0.39, 0.29) is 0 Å². The first kappa shape index (κ1) is 19.3. The minimum Gasteiger partial charge on any atom is -0.316 e. The van der Waals surface area contributed by atoms with E-state index in [2.05, 4.69) is 39.9 Å². The van der Waals surface area contributed by atoms with Gasteiger partial charge in [-0.15, -0.1) is 0 Å². The van der Waals surface area contributed by atoms with Gasteiger partial charge >= 0.3 is 0 Å². The maximum Gasteiger partial charge on any atom is -0.00206 e. The summed E-state index contributed by atoms with van der Waals surface area (Å²) >= 11 is 0. The van der Waals surface area contributed by atoms with Crippen molar-refractivity contribution in [2.24, 2.45) is 17.8 Å². The van der Waals surface area contributed by atoms with Crippen molar-refractivity contribution in [3.05, 3.63) is 0 Å². The molecule has 1 heterocycles. The van der Waals surface area contributed by atoms with Gasteiger partial charge in [0.1, 0.15) is 0 Å². The zero-order chi connectivity index (χ0) is 13.7. The van der Waals surface area contributed by atoms with E-state index >= 15 is 0 Å². The first-order chi connectivity index (χ1) is 8.11. The Balaban J connectivity index is 0. The average molecular weight is 243 g/mol. The molecule has 0 bridgehead atoms. The molecule has 0 aliphatic carbocycles. The van der Waals surface area contributed by atoms with Crippen molar-refractivity contribution < 1.29 is 0 Å². The van der Waals surface area contributed by atoms with Gasteiger partial charge in [-0.1, -0.05) is 61.3 Å². The van der Waals surface area contributed by atoms with Crippen LogP contribution in [0.4, 0.5) is 0 Å². The molecule has 1 fully saturated rings. The third-order valence-electron chi connectivity index (χ3n) is 3.76. The van der Waals surface area contributed by atoms with Gasteiger partial charge in [0.2, 0.25) is 0 Å². The van der Waals surface area contributed by atoms with E-state index in [9.17, 15) is 0 Å². The Labute approximate surface area is 111 Å². The quantitative estimate of drug-likeness (QED) is 0.726. The van der Waals surface area contributed by atoms with Crippen LogP contribution < -0.4 is 5.32 Å². The summed E-state index contributed by atoms with van der Waals surface area (Å²) in [5.41, 5.74) is 0. The zero-order valence-electron chi connectivity index (χ0n) is 13.5. The molecule has 17 heavy (non-hydrogen) atoms. The largest absolute Gasteiger partial charge is 0.316 e. The number of hydrogen-bond donors (Lipinski definition) is 1. The highest BCUT2D eigenvalue weighted by molar-refractivity contribution is 4.66. The molecule has 2 unspecified atom stereocenters. The molecule has 0 radical (unpaired) electrons. The second-order valence-corrected chi connectivity index (χ2v) is 5.25. The summed E-state index contributed by atoms with van der Waals surface area (Å²) in [7, 11) is 0. The van der Waals surface area contributed by atoms with Crippen molar-refractivity contribution in [3.8, 4) is 0 Å². The number of piperidine rings is 1. The number of rotatable bonds is 3. The lowest BCUT2D eigenvalue weighted by Gasteiger charge is -2.20. The van der Waals surface area contributed by atoms with Crippen molar-refractivity contribution in [2.45, 2.75) is 74.1 Å². The summed E-state index contributed by atoms with van der Waals surface area (Å²) in [5.74, 6) is 2.74. The molecule has 0 aromatic carbocycles. The fourth-order valence-electron chi connectivity index (χ4n) is 1.74. The second kappa shape index (κ2) is 14.0. The normalized spacial score (nSPS) is 20.8. The van der Waals surface area contributed by atoms with Crippen LogP contribution >= 0.6 is 0 Å². The Morgan fingerprint density at radius 3 is 1.88 bits per heavy atom. The van der Waals surface area contributed by atoms with E-state index in [0.29, 0.717) is 0 Å². The summed E-state index contributed by atoms with van der Waals surface area (Å²) in [6.45, 7) is 17.9. The van der Waals surface area contributed by atoms with E-state index in [0.717, 1.165) is 17.8 Å². The molecule has 1 aliphatic heterocycles. The third-order valence-corrected chi connectivity index (χ3v) is 3.76. The van der Waals surface area contributed by atoms with Crippen LogP contribution in [0.15, 0.2) is 0 Å². The van der Waals surface area contributed by atoms with Crippen molar-refractivity contribution >= 4 is 0 Å². The fraction of sp³-hybridized carbons (Fsp3) is 1.00. The van der Waals surface area contributed by atoms with Crippen LogP contribution in [0.25, 0.3) is 0 Å². The smallest absolute Gasteiger partial charge is 0.00206 e. The van der Waals surface area contributed by atoms with Crippen molar-refractivity contribution in [1.82, 2.24) is 5.32 Å². The van der Waals surface area contributed by atoms with E-state index in [1.54, 1.807) is 0 Å². The van der Waals surface area contributed by atoms with Crippen molar-refractivity contribution in [2.75, 3.05) is 13.1 Å². The summed E-state index contributed by atoms with van der Waals surface area (Å²) in [6.07, 6.45) is 5.51. The van der Waals surface area contributed by atoms with Crippen molar-refractivity contribution in [1.29, 1.82) is 0 Å². The second-order valence-electron chi connectivity index (χ2n) is 5.25. The maximum atomic E-state index is 3.39. The SMILES string of the molecule is CC.CCC(C)C(C)C.CCC1CCCNC1. The van der Waals surface area contributed by atoms with Crippen LogP contribution in [0.2, 0.25) is 0 Å². The first-order valence-corrected chi connectivity index (χ1v) is 7.82. The average Bonchev–Trinajstić information content (AvgIpc) is 2.41. The van der Waals surface area contributed by atoms with Gasteiger partial charge in [0.05, 0.1) is 0 Å². The molecule has 1 rings (SSSR count). The lowest BCUT2D eigenvalue weighted by molar-refractivity contribution is 0.369. The Hall–Kier alpha value is -0.0400. The molecule has 1 aliphatic rings. The Morgan fingerprint density at radius 2 is 1.71 bits per heavy atom. The molecule has 1 N–H and O–H groups in total. The van der Waals surface area contributed by atoms with Crippen LogP contribution in [-0.4, -0.2) is 13.1 Å². The topological polar surface area (TPSA) is 12.0 Å². The van der Waals surface area contributed by atoms with Gasteiger partial charge in [0.25, 0.3) is 0 Å². The predicted molar refractivity (Wildman–Crippen MR) is 81.5 cm³/mol. The standard InChI is InChI=1S/C7H15N.C7H16.C2H6/c1-2-7-4-3-5-8-6-7;1-5-7(4)6(2)3;1-2/h7-8H,2-6H2,1H3;6-7H,5H2,1-4H3;1-2H3. The zero-order valence-corrected chi connectivity index (χ0v) is 13.5. The molecule has 106 valence electrons. The van der Waals surface area contributed by atoms with Gasteiger partial charge in [-0.2, -0.15) is 0 Å². The van der Waals surface area contributed by atoms with E-state index < -0.39 is 0 Å². The highest BCUT2D eigenvalue weighted by Gasteiger charge is 2.08. The van der Waals surface area contributed by atoms with Crippen LogP contribution in [0.5, 0.6) is 0 Å². The molecule has 0 aromatic rings. The lowest BCUT2D eigenvalue weighted by Crippen LogP contribution is -2.29. The van der Waals surface area contributed by atoms with E-state index in [4.69, 9.17) is 0 Å². The lowest BCUT2D eigenvalue weighted by atomic mass is 9.96. The van der Waals surface area contributed by atoms with E-state index in [1.807, 2.05) is 13.8 Å². The molecular formula is C16H37N. The van der Waals surface area contributed by atoms with Gasteiger partial charge in [-0.25, -0.2) is 0 Å². The van der Waals surface area contributed by atoms with Crippen LogP contribution in [0.3, 0.4) is 0 Å². The van der Waals surface area contributed by atoms with Gasteiger partial charge in [0.15, 0.2) is 0 Å². The van der Waals surface area contributed by atoms with Gasteiger partial charge < -0.3 is 5.32 Å². The third kappa shape index (κ3) is 12.2. The Bertz CT molecular complexity index is 125. The van der Waals surface area contributed by atoms with Crippen LogP contribution in [0, 0.1) is 17.8 Å².